The van der Waals surface area contributed by atoms with E-state index in [1.807, 2.05) is 54.8 Å². The van der Waals surface area contributed by atoms with Crippen molar-refractivity contribution in [2.45, 2.75) is 20.8 Å². The van der Waals surface area contributed by atoms with E-state index < -0.39 is 0 Å². The topological polar surface area (TPSA) is 74.8 Å². The van der Waals surface area contributed by atoms with Gasteiger partial charge in [-0.3, -0.25) is 5.41 Å². The summed E-state index contributed by atoms with van der Waals surface area (Å²) in [5.74, 6) is 1.71. The summed E-state index contributed by atoms with van der Waals surface area (Å²) in [7, 11) is 1.63. The maximum atomic E-state index is 8.62. The third kappa shape index (κ3) is 4.02. The minimum absolute atomic E-state index is 0.191. The average Bonchev–Trinajstić information content (AvgIpc) is 3.15. The van der Waals surface area contributed by atoms with E-state index in [2.05, 4.69) is 18.3 Å². The molecule has 30 heavy (non-hydrogen) atoms. The monoisotopic (exact) mass is 408 g/mol. The smallest absolute Gasteiger partial charge is 0.164 e. The van der Waals surface area contributed by atoms with Crippen molar-refractivity contribution in [3.8, 4) is 5.75 Å². The molecule has 1 N–H and O–H groups in total. The Morgan fingerprint density at radius 2 is 2.13 bits per heavy atom. The zero-order chi connectivity index (χ0) is 21.8. The summed E-state index contributed by atoms with van der Waals surface area (Å²) in [5.41, 5.74) is 5.06. The van der Waals surface area contributed by atoms with Crippen molar-refractivity contribution in [2.75, 3.05) is 31.8 Å². The molecule has 3 rings (SSSR count). The maximum absolute atomic E-state index is 8.62. The molecule has 0 atom stereocenters. The number of aryl methyl sites for hydroxylation is 1. The number of ether oxygens (including phenoxy) is 2. The van der Waals surface area contributed by atoms with E-state index in [1.54, 1.807) is 13.3 Å². The molecule has 0 spiro atoms. The van der Waals surface area contributed by atoms with Crippen LogP contribution in [0.25, 0.3) is 11.3 Å². The van der Waals surface area contributed by atoms with Crippen LogP contribution in [0.4, 0.5) is 5.69 Å². The molecule has 0 radical (unpaired) electrons. The van der Waals surface area contributed by atoms with E-state index in [9.17, 15) is 0 Å². The van der Waals surface area contributed by atoms with Crippen molar-refractivity contribution in [3.05, 3.63) is 66.3 Å². The van der Waals surface area contributed by atoms with Gasteiger partial charge < -0.3 is 23.8 Å². The number of nitrogens with zero attached hydrogens (tertiary/aromatic N) is 3. The van der Waals surface area contributed by atoms with Gasteiger partial charge in [-0.15, -0.1) is 0 Å². The fourth-order valence-corrected chi connectivity index (χ4v) is 3.42. The number of hydrogen-bond donors (Lipinski definition) is 1. The number of amidine groups is 1. The van der Waals surface area contributed by atoms with E-state index in [0.29, 0.717) is 36.2 Å². The molecule has 0 unspecified atom stereocenters. The molecule has 0 saturated carbocycles. The molecule has 1 aromatic heterocycles. The summed E-state index contributed by atoms with van der Waals surface area (Å²) in [5, 5.41) is 12.6. The van der Waals surface area contributed by atoms with Gasteiger partial charge in [-0.05, 0) is 39.0 Å². The average molecular weight is 409 g/mol. The fraction of sp³-hybridized carbons (Fsp3) is 0.304. The van der Waals surface area contributed by atoms with E-state index in [0.717, 1.165) is 28.2 Å². The Labute approximate surface area is 177 Å². The molecule has 0 fully saturated rings. The van der Waals surface area contributed by atoms with Crippen LogP contribution in [0.1, 0.15) is 30.9 Å². The Balaban J connectivity index is 2.20. The van der Waals surface area contributed by atoms with Gasteiger partial charge in [0.15, 0.2) is 5.76 Å². The molecule has 7 nitrogen and oxygen atoms in total. The molecule has 0 saturated heterocycles. The number of aromatic nitrogens is 1. The summed E-state index contributed by atoms with van der Waals surface area (Å²) < 4.78 is 16.4. The second-order valence-electron chi connectivity index (χ2n) is 6.96. The van der Waals surface area contributed by atoms with Crippen molar-refractivity contribution in [1.82, 2.24) is 10.1 Å². The second-order valence-corrected chi connectivity index (χ2v) is 6.96. The van der Waals surface area contributed by atoms with Crippen LogP contribution in [0.3, 0.4) is 0 Å². The lowest BCUT2D eigenvalue weighted by Gasteiger charge is -2.27. The van der Waals surface area contributed by atoms with Gasteiger partial charge in [0.05, 0.1) is 25.0 Å². The SMILES string of the molecule is C=CN1/C(=C(\C)c2cc(C)no2)CN(C(=N)COCC)C(=C)c2cc(OC)ccc21. The Bertz CT molecular complexity index is 1010. The molecule has 0 bridgehead atoms. The van der Waals surface area contributed by atoms with Crippen LogP contribution in [0.15, 0.2) is 53.8 Å². The first-order valence-electron chi connectivity index (χ1n) is 9.76. The minimum Gasteiger partial charge on any atom is -0.497 e. The van der Waals surface area contributed by atoms with Gasteiger partial charge in [0.1, 0.15) is 18.2 Å². The molecule has 158 valence electrons. The largest absolute Gasteiger partial charge is 0.497 e. The van der Waals surface area contributed by atoms with Gasteiger partial charge in [0, 0.05) is 41.4 Å². The van der Waals surface area contributed by atoms with Crippen molar-refractivity contribution >= 4 is 22.8 Å². The highest BCUT2D eigenvalue weighted by Crippen LogP contribution is 2.39. The number of fused-ring (bicyclic) bond motifs is 1. The van der Waals surface area contributed by atoms with Gasteiger partial charge >= 0.3 is 0 Å². The van der Waals surface area contributed by atoms with E-state index >= 15 is 0 Å². The molecular weight excluding hydrogens is 380 g/mol. The van der Waals surface area contributed by atoms with Crippen LogP contribution in [0.5, 0.6) is 5.75 Å². The highest BCUT2D eigenvalue weighted by Gasteiger charge is 2.29. The van der Waals surface area contributed by atoms with Crippen LogP contribution in [0.2, 0.25) is 0 Å². The number of benzene rings is 1. The van der Waals surface area contributed by atoms with Crippen LogP contribution < -0.4 is 9.64 Å². The van der Waals surface area contributed by atoms with E-state index in [-0.39, 0.29) is 6.61 Å². The Morgan fingerprint density at radius 1 is 1.37 bits per heavy atom. The quantitative estimate of drug-likeness (QED) is 0.553. The predicted octanol–water partition coefficient (Wildman–Crippen LogP) is 4.67. The lowest BCUT2D eigenvalue weighted by Crippen LogP contribution is -2.34. The Hall–Kier alpha value is -3.32. The normalized spacial score (nSPS) is 15.5. The molecule has 7 heteroatoms. The molecule has 0 amide bonds. The third-order valence-corrected chi connectivity index (χ3v) is 5.08. The van der Waals surface area contributed by atoms with Crippen molar-refractivity contribution in [3.63, 3.8) is 0 Å². The number of allylic oxidation sites excluding steroid dienone is 1. The van der Waals surface area contributed by atoms with Crippen LogP contribution in [0, 0.1) is 12.3 Å². The number of anilines is 1. The summed E-state index contributed by atoms with van der Waals surface area (Å²) in [6.07, 6.45) is 1.76. The van der Waals surface area contributed by atoms with Gasteiger partial charge in [0.25, 0.3) is 0 Å². The van der Waals surface area contributed by atoms with Gasteiger partial charge in [-0.25, -0.2) is 0 Å². The first-order chi connectivity index (χ1) is 14.4. The van der Waals surface area contributed by atoms with Crippen molar-refractivity contribution in [2.24, 2.45) is 0 Å². The van der Waals surface area contributed by atoms with Crippen LogP contribution in [-0.4, -0.2) is 42.8 Å². The number of hydrogen-bond acceptors (Lipinski definition) is 6. The van der Waals surface area contributed by atoms with Crippen molar-refractivity contribution < 1.29 is 14.0 Å². The van der Waals surface area contributed by atoms with Gasteiger partial charge in [0.2, 0.25) is 0 Å². The highest BCUT2D eigenvalue weighted by molar-refractivity contribution is 5.94. The van der Waals surface area contributed by atoms with Crippen LogP contribution >= 0.6 is 0 Å². The summed E-state index contributed by atoms with van der Waals surface area (Å²) in [6.45, 7) is 15.2. The molecule has 0 aliphatic carbocycles. The van der Waals surface area contributed by atoms with E-state index in [1.165, 1.54) is 0 Å². The van der Waals surface area contributed by atoms with Gasteiger partial charge in [-0.2, -0.15) is 0 Å². The Morgan fingerprint density at radius 3 is 2.73 bits per heavy atom. The number of nitrogens with one attached hydrogen (secondary N) is 1. The molecule has 1 aromatic carbocycles. The molecule has 2 aromatic rings. The molecular formula is C23H28N4O3. The standard InChI is InChI=1S/C23H28N4O3/c1-7-26-20-10-9-18(28-6)12-19(20)17(5)27(23(24)14-29-8-2)13-21(26)16(4)22-11-15(3)25-30-22/h7,9-12,24H,1,5,8,13-14H2,2-4,6H3/b21-16+,24-23?. The van der Waals surface area contributed by atoms with E-state index in [4.69, 9.17) is 19.4 Å². The predicted molar refractivity (Wildman–Crippen MR) is 119 cm³/mol. The minimum atomic E-state index is 0.191. The number of methoxy groups -OCH3 is 1. The number of rotatable bonds is 6. The summed E-state index contributed by atoms with van der Waals surface area (Å²) in [4.78, 5) is 3.85. The molecule has 1 aliphatic heterocycles. The maximum Gasteiger partial charge on any atom is 0.164 e. The zero-order valence-electron chi connectivity index (χ0n) is 18.0. The highest BCUT2D eigenvalue weighted by atomic mass is 16.5. The Kier molecular flexibility index (Phi) is 6.42. The fourth-order valence-electron chi connectivity index (χ4n) is 3.42. The first kappa shape index (κ1) is 21.4. The first-order valence-corrected chi connectivity index (χ1v) is 9.76. The molecule has 2 heterocycles. The molecule has 1 aliphatic rings. The summed E-state index contributed by atoms with van der Waals surface area (Å²) >= 11 is 0. The lowest BCUT2D eigenvalue weighted by molar-refractivity contribution is 0.181. The lowest BCUT2D eigenvalue weighted by atomic mass is 10.1. The second kappa shape index (κ2) is 9.00. The summed E-state index contributed by atoms with van der Waals surface area (Å²) in [6, 6.07) is 7.69. The van der Waals surface area contributed by atoms with Crippen molar-refractivity contribution in [1.29, 1.82) is 5.41 Å². The zero-order valence-corrected chi connectivity index (χ0v) is 18.0. The third-order valence-electron chi connectivity index (χ3n) is 5.08. The van der Waals surface area contributed by atoms with Gasteiger partial charge in [-0.1, -0.05) is 18.3 Å². The van der Waals surface area contributed by atoms with Crippen LogP contribution in [-0.2, 0) is 4.74 Å².